The summed E-state index contributed by atoms with van der Waals surface area (Å²) in [5.41, 5.74) is 2.15. The zero-order chi connectivity index (χ0) is 6.97. The van der Waals surface area contributed by atoms with E-state index in [1.807, 2.05) is 12.4 Å². The molecule has 0 atom stereocenters. The number of hydrogen-bond donors (Lipinski definition) is 2. The predicted molar refractivity (Wildman–Crippen MR) is 37.7 cm³/mol. The summed E-state index contributed by atoms with van der Waals surface area (Å²) >= 11 is 0. The van der Waals surface area contributed by atoms with Crippen LogP contribution in [0.15, 0.2) is 12.4 Å². The standard InChI is InChI=1S/C7H8N2O/c10-7-2-1-5-3-8-4-6(5)9-7/h3-4,8H,1-2H2,(H,9,10). The Balaban J connectivity index is 2.39. The molecule has 0 spiro atoms. The van der Waals surface area contributed by atoms with Crippen LogP contribution in [0.3, 0.4) is 0 Å². The van der Waals surface area contributed by atoms with Gasteiger partial charge in [-0.2, -0.15) is 0 Å². The van der Waals surface area contributed by atoms with Gasteiger partial charge in [0.25, 0.3) is 0 Å². The van der Waals surface area contributed by atoms with Crippen molar-refractivity contribution in [3.05, 3.63) is 18.0 Å². The van der Waals surface area contributed by atoms with Crippen LogP contribution in [0, 0.1) is 0 Å². The molecule has 52 valence electrons. The van der Waals surface area contributed by atoms with Crippen LogP contribution in [0.25, 0.3) is 0 Å². The van der Waals surface area contributed by atoms with Crippen LogP contribution in [-0.4, -0.2) is 10.9 Å². The number of anilines is 1. The molecule has 1 amide bonds. The molecule has 10 heavy (non-hydrogen) atoms. The third kappa shape index (κ3) is 0.708. The Morgan fingerprint density at radius 1 is 1.30 bits per heavy atom. The highest BCUT2D eigenvalue weighted by Gasteiger charge is 2.13. The van der Waals surface area contributed by atoms with Crippen molar-refractivity contribution < 1.29 is 4.79 Å². The molecule has 1 aliphatic rings. The number of aromatic amines is 1. The molecule has 1 aromatic heterocycles. The fraction of sp³-hybridized carbons (Fsp3) is 0.286. The largest absolute Gasteiger partial charge is 0.366 e. The molecule has 0 saturated carbocycles. The highest BCUT2D eigenvalue weighted by atomic mass is 16.1. The van der Waals surface area contributed by atoms with E-state index in [0.717, 1.165) is 12.1 Å². The maximum Gasteiger partial charge on any atom is 0.224 e. The number of H-pyrrole nitrogens is 1. The minimum absolute atomic E-state index is 0.118. The van der Waals surface area contributed by atoms with E-state index in [4.69, 9.17) is 0 Å². The summed E-state index contributed by atoms with van der Waals surface area (Å²) in [6, 6.07) is 0. The van der Waals surface area contributed by atoms with E-state index in [0.29, 0.717) is 6.42 Å². The van der Waals surface area contributed by atoms with E-state index in [9.17, 15) is 4.79 Å². The van der Waals surface area contributed by atoms with Gasteiger partial charge in [0.2, 0.25) is 5.91 Å². The lowest BCUT2D eigenvalue weighted by atomic mass is 10.1. The number of aryl methyl sites for hydroxylation is 1. The van der Waals surface area contributed by atoms with Crippen molar-refractivity contribution in [1.29, 1.82) is 0 Å². The Hall–Kier alpha value is -1.25. The van der Waals surface area contributed by atoms with Crippen LogP contribution in [-0.2, 0) is 11.2 Å². The van der Waals surface area contributed by atoms with Gasteiger partial charge in [-0.25, -0.2) is 0 Å². The van der Waals surface area contributed by atoms with E-state index < -0.39 is 0 Å². The van der Waals surface area contributed by atoms with Gasteiger partial charge >= 0.3 is 0 Å². The number of nitrogens with one attached hydrogen (secondary N) is 2. The Kier molecular flexibility index (Phi) is 1.03. The van der Waals surface area contributed by atoms with E-state index >= 15 is 0 Å². The first kappa shape index (κ1) is 5.53. The van der Waals surface area contributed by atoms with Gasteiger partial charge in [0.15, 0.2) is 0 Å². The third-order valence-corrected chi connectivity index (χ3v) is 1.73. The highest BCUT2D eigenvalue weighted by molar-refractivity contribution is 5.93. The lowest BCUT2D eigenvalue weighted by molar-refractivity contribution is -0.116. The number of rotatable bonds is 0. The number of hydrogen-bond acceptors (Lipinski definition) is 1. The molecule has 0 bridgehead atoms. The lowest BCUT2D eigenvalue weighted by Crippen LogP contribution is -2.17. The molecule has 0 unspecified atom stereocenters. The first-order valence-corrected chi connectivity index (χ1v) is 3.32. The topological polar surface area (TPSA) is 44.9 Å². The van der Waals surface area contributed by atoms with Gasteiger partial charge in [0.1, 0.15) is 0 Å². The van der Waals surface area contributed by atoms with Gasteiger partial charge in [-0.1, -0.05) is 0 Å². The first-order valence-electron chi connectivity index (χ1n) is 3.32. The number of amides is 1. The number of carbonyl (C=O) groups excluding carboxylic acids is 1. The van der Waals surface area contributed by atoms with Crippen molar-refractivity contribution in [2.45, 2.75) is 12.8 Å². The molecule has 0 radical (unpaired) electrons. The van der Waals surface area contributed by atoms with Crippen molar-refractivity contribution in [1.82, 2.24) is 4.98 Å². The maximum absolute atomic E-state index is 10.8. The van der Waals surface area contributed by atoms with Gasteiger partial charge in [-0.05, 0) is 12.0 Å². The minimum Gasteiger partial charge on any atom is -0.366 e. The van der Waals surface area contributed by atoms with Crippen molar-refractivity contribution in [3.63, 3.8) is 0 Å². The molecule has 2 rings (SSSR count). The Bertz CT molecular complexity index is 264. The second-order valence-electron chi connectivity index (χ2n) is 2.44. The van der Waals surface area contributed by atoms with E-state index in [1.165, 1.54) is 5.56 Å². The van der Waals surface area contributed by atoms with Crippen molar-refractivity contribution in [2.75, 3.05) is 5.32 Å². The summed E-state index contributed by atoms with van der Waals surface area (Å²) in [5.74, 6) is 0.118. The fourth-order valence-electron chi connectivity index (χ4n) is 1.18. The van der Waals surface area contributed by atoms with Crippen LogP contribution in [0.4, 0.5) is 5.69 Å². The molecule has 1 aliphatic heterocycles. The van der Waals surface area contributed by atoms with Crippen molar-refractivity contribution >= 4 is 11.6 Å². The lowest BCUT2D eigenvalue weighted by Gasteiger charge is -2.10. The Labute approximate surface area is 58.4 Å². The van der Waals surface area contributed by atoms with Crippen LogP contribution in [0.1, 0.15) is 12.0 Å². The summed E-state index contributed by atoms with van der Waals surface area (Å²) in [7, 11) is 0. The number of carbonyl (C=O) groups is 1. The van der Waals surface area contributed by atoms with E-state index in [-0.39, 0.29) is 5.91 Å². The van der Waals surface area contributed by atoms with Crippen molar-refractivity contribution in [3.8, 4) is 0 Å². The highest BCUT2D eigenvalue weighted by Crippen LogP contribution is 2.20. The molecular formula is C7H8N2O. The molecule has 0 fully saturated rings. The zero-order valence-corrected chi connectivity index (χ0v) is 5.48. The minimum atomic E-state index is 0.118. The molecule has 2 N–H and O–H groups in total. The first-order chi connectivity index (χ1) is 4.86. The smallest absolute Gasteiger partial charge is 0.224 e. The van der Waals surface area contributed by atoms with Crippen LogP contribution in [0.2, 0.25) is 0 Å². The molecule has 3 nitrogen and oxygen atoms in total. The number of aromatic nitrogens is 1. The van der Waals surface area contributed by atoms with Gasteiger partial charge < -0.3 is 10.3 Å². The molecule has 0 aromatic carbocycles. The molecule has 2 heterocycles. The van der Waals surface area contributed by atoms with Crippen LogP contribution >= 0.6 is 0 Å². The Morgan fingerprint density at radius 2 is 2.20 bits per heavy atom. The van der Waals surface area contributed by atoms with Gasteiger partial charge in [0, 0.05) is 18.8 Å². The maximum atomic E-state index is 10.8. The average Bonchev–Trinajstić information content (AvgIpc) is 2.33. The quantitative estimate of drug-likeness (QED) is 0.546. The predicted octanol–water partition coefficient (Wildman–Crippen LogP) is 0.899. The summed E-state index contributed by atoms with van der Waals surface area (Å²) < 4.78 is 0. The molecular weight excluding hydrogens is 128 g/mol. The second-order valence-corrected chi connectivity index (χ2v) is 2.44. The van der Waals surface area contributed by atoms with Gasteiger partial charge in [-0.15, -0.1) is 0 Å². The summed E-state index contributed by atoms with van der Waals surface area (Å²) in [6.45, 7) is 0. The summed E-state index contributed by atoms with van der Waals surface area (Å²) in [5, 5.41) is 2.77. The average molecular weight is 136 g/mol. The van der Waals surface area contributed by atoms with Gasteiger partial charge in [0.05, 0.1) is 5.69 Å². The van der Waals surface area contributed by atoms with Crippen LogP contribution in [0.5, 0.6) is 0 Å². The second kappa shape index (κ2) is 1.87. The monoisotopic (exact) mass is 136 g/mol. The molecule has 0 saturated heterocycles. The fourth-order valence-corrected chi connectivity index (χ4v) is 1.18. The van der Waals surface area contributed by atoms with Crippen molar-refractivity contribution in [2.24, 2.45) is 0 Å². The van der Waals surface area contributed by atoms with Crippen LogP contribution < -0.4 is 5.32 Å². The summed E-state index contributed by atoms with van der Waals surface area (Å²) in [6.07, 6.45) is 5.22. The normalized spacial score (nSPS) is 16.2. The van der Waals surface area contributed by atoms with E-state index in [1.54, 1.807) is 0 Å². The SMILES string of the molecule is O=C1CCc2c[nH]cc2N1. The van der Waals surface area contributed by atoms with E-state index in [2.05, 4.69) is 10.3 Å². The summed E-state index contributed by atoms with van der Waals surface area (Å²) in [4.78, 5) is 13.7. The zero-order valence-electron chi connectivity index (χ0n) is 5.48. The Morgan fingerprint density at radius 3 is 3.10 bits per heavy atom. The molecule has 3 heteroatoms. The van der Waals surface area contributed by atoms with Gasteiger partial charge in [-0.3, -0.25) is 4.79 Å². The molecule has 0 aliphatic carbocycles. The number of fused-ring (bicyclic) bond motifs is 1. The third-order valence-electron chi connectivity index (χ3n) is 1.73. The molecule has 1 aromatic rings.